The van der Waals surface area contributed by atoms with Crippen LogP contribution in [0.3, 0.4) is 0 Å². The normalized spacial score (nSPS) is 36.8. The van der Waals surface area contributed by atoms with Crippen LogP contribution in [0, 0.1) is 46.3 Å². The van der Waals surface area contributed by atoms with Crippen LogP contribution in [0.5, 0.6) is 0 Å². The highest BCUT2D eigenvalue weighted by Gasteiger charge is 2.63. The Hall–Kier alpha value is -2.86. The van der Waals surface area contributed by atoms with Gasteiger partial charge in [-0.15, -0.1) is 6.42 Å². The zero-order valence-corrected chi connectivity index (χ0v) is 23.6. The summed E-state index contributed by atoms with van der Waals surface area (Å²) in [7, 11) is 1.27. The molecule has 0 unspecified atom stereocenters. The van der Waals surface area contributed by atoms with E-state index in [1.165, 1.54) is 12.7 Å². The smallest absolute Gasteiger partial charge is 0.328 e. The summed E-state index contributed by atoms with van der Waals surface area (Å²) in [6.45, 7) is 4.31. The Balaban J connectivity index is 1.35. The van der Waals surface area contributed by atoms with Crippen LogP contribution in [0.25, 0.3) is 0 Å². The number of terminal acetylenes is 1. The largest absolute Gasteiger partial charge is 0.467 e. The second kappa shape index (κ2) is 11.3. The van der Waals surface area contributed by atoms with E-state index in [4.69, 9.17) is 27.1 Å². The second-order valence-corrected chi connectivity index (χ2v) is 12.4. The molecule has 0 aromatic heterocycles. The maximum Gasteiger partial charge on any atom is 0.328 e. The molecule has 3 fully saturated rings. The van der Waals surface area contributed by atoms with Crippen molar-refractivity contribution >= 4 is 23.4 Å². The molecule has 0 spiro atoms. The first-order valence-electron chi connectivity index (χ1n) is 14.3. The molecule has 214 valence electrons. The topological polar surface area (TPSA) is 147 Å². The molecule has 4 aliphatic carbocycles. The predicted molar refractivity (Wildman–Crippen MR) is 149 cm³/mol. The van der Waals surface area contributed by atoms with Crippen LogP contribution >= 0.6 is 0 Å². The van der Waals surface area contributed by atoms with Crippen molar-refractivity contribution in [1.29, 1.82) is 5.41 Å². The SMILES string of the molecule is C#C[C@@]1(O)CC[C@@H]2[C@@H]3CCC4=CC(=NOCC(=O)N[C@@H](CCCC(=N)N)C(=O)OC)CC[C@]4(C)[C@H]3CC[C@@]21C. The number of nitrogens with one attached hydrogen (secondary N) is 2. The fourth-order valence-electron chi connectivity index (χ4n) is 8.19. The highest BCUT2D eigenvalue weighted by molar-refractivity contribution is 5.96. The minimum absolute atomic E-state index is 0.0341. The summed E-state index contributed by atoms with van der Waals surface area (Å²) in [6.07, 6.45) is 16.7. The molecule has 0 saturated heterocycles. The number of ether oxygens (including phenoxy) is 1. The van der Waals surface area contributed by atoms with Gasteiger partial charge >= 0.3 is 5.97 Å². The molecule has 4 rings (SSSR count). The summed E-state index contributed by atoms with van der Waals surface area (Å²) in [5.41, 5.74) is 6.54. The van der Waals surface area contributed by atoms with E-state index in [2.05, 4.69) is 36.3 Å². The fraction of sp³-hybridized carbons (Fsp3) is 0.733. The van der Waals surface area contributed by atoms with Crippen molar-refractivity contribution < 1.29 is 24.3 Å². The van der Waals surface area contributed by atoms with E-state index in [-0.39, 0.29) is 23.3 Å². The van der Waals surface area contributed by atoms with E-state index in [0.717, 1.165) is 50.7 Å². The minimum atomic E-state index is -0.985. The number of amides is 1. The average molecular weight is 541 g/mol. The molecule has 0 radical (unpaired) electrons. The highest BCUT2D eigenvalue weighted by atomic mass is 16.6. The summed E-state index contributed by atoms with van der Waals surface area (Å²) >= 11 is 0. The molecule has 3 saturated carbocycles. The predicted octanol–water partition coefficient (Wildman–Crippen LogP) is 3.45. The lowest BCUT2D eigenvalue weighted by atomic mass is 9.46. The van der Waals surface area contributed by atoms with Crippen LogP contribution in [0.15, 0.2) is 16.8 Å². The minimum Gasteiger partial charge on any atom is -0.467 e. The van der Waals surface area contributed by atoms with Crippen molar-refractivity contribution in [3.63, 3.8) is 0 Å². The van der Waals surface area contributed by atoms with Gasteiger partial charge < -0.3 is 25.7 Å². The number of nitrogens with zero attached hydrogens (tertiary/aromatic N) is 1. The van der Waals surface area contributed by atoms with Crippen molar-refractivity contribution in [2.24, 2.45) is 39.5 Å². The zero-order chi connectivity index (χ0) is 28.4. The first kappa shape index (κ1) is 29.1. The van der Waals surface area contributed by atoms with Gasteiger partial charge in [-0.3, -0.25) is 10.2 Å². The Labute approximate surface area is 231 Å². The number of allylic oxidation sites excluding steroid dienone is 2. The Kier molecular flexibility index (Phi) is 8.46. The third kappa shape index (κ3) is 5.45. The Morgan fingerprint density at radius 1 is 1.26 bits per heavy atom. The number of esters is 1. The lowest BCUT2D eigenvalue weighted by molar-refractivity contribution is -0.145. The standard InChI is InChI=1S/C30H44N4O5/c1-5-30(37)16-13-23-21-10-9-19-17-20(11-14-28(19,2)22(21)12-15-29(23,30)3)34-39-18-26(35)33-24(27(36)38-4)7-6-8-25(31)32/h1,17,21-24,37H,6-16,18H2,2-4H3,(H3,31,32)(H,33,35)/t21-,22+,23-,24+,28+,29+,30-/m1/s1. The molecule has 0 bridgehead atoms. The number of fused-ring (bicyclic) bond motifs is 5. The third-order valence-electron chi connectivity index (χ3n) is 10.5. The van der Waals surface area contributed by atoms with Gasteiger partial charge in [0.05, 0.1) is 18.7 Å². The molecular weight excluding hydrogens is 496 g/mol. The number of rotatable bonds is 9. The van der Waals surface area contributed by atoms with Gasteiger partial charge in [0.15, 0.2) is 6.61 Å². The summed E-state index contributed by atoms with van der Waals surface area (Å²) in [5, 5.41) is 25.4. The van der Waals surface area contributed by atoms with Crippen molar-refractivity contribution in [1.82, 2.24) is 5.32 Å². The molecule has 0 aliphatic heterocycles. The van der Waals surface area contributed by atoms with E-state index in [0.29, 0.717) is 43.4 Å². The molecule has 0 aromatic carbocycles. The van der Waals surface area contributed by atoms with Gasteiger partial charge in [0.1, 0.15) is 11.6 Å². The van der Waals surface area contributed by atoms with Crippen LogP contribution in [0.4, 0.5) is 0 Å². The molecule has 7 atom stereocenters. The number of nitrogens with two attached hydrogens (primary N) is 1. The van der Waals surface area contributed by atoms with Crippen LogP contribution in [-0.2, 0) is 19.2 Å². The first-order chi connectivity index (χ1) is 18.5. The van der Waals surface area contributed by atoms with Crippen molar-refractivity contribution in [3.8, 4) is 12.3 Å². The molecule has 4 aliphatic rings. The van der Waals surface area contributed by atoms with Gasteiger partial charge in [0, 0.05) is 11.8 Å². The van der Waals surface area contributed by atoms with E-state index >= 15 is 0 Å². The lowest BCUT2D eigenvalue weighted by Crippen LogP contribution is -2.54. The van der Waals surface area contributed by atoms with Gasteiger partial charge in [-0.2, -0.15) is 0 Å². The zero-order valence-electron chi connectivity index (χ0n) is 23.6. The third-order valence-corrected chi connectivity index (χ3v) is 10.5. The molecule has 0 heterocycles. The van der Waals surface area contributed by atoms with Gasteiger partial charge in [0.25, 0.3) is 5.91 Å². The van der Waals surface area contributed by atoms with Crippen LogP contribution in [0.2, 0.25) is 0 Å². The van der Waals surface area contributed by atoms with Crippen molar-refractivity contribution in [2.45, 2.75) is 96.1 Å². The van der Waals surface area contributed by atoms with E-state index in [1.807, 2.05) is 0 Å². The number of methoxy groups -OCH3 is 1. The number of aliphatic hydroxyl groups is 1. The van der Waals surface area contributed by atoms with Gasteiger partial charge in [-0.05, 0) is 93.5 Å². The van der Waals surface area contributed by atoms with E-state index in [9.17, 15) is 14.7 Å². The molecule has 5 N–H and O–H groups in total. The Morgan fingerprint density at radius 3 is 2.69 bits per heavy atom. The molecule has 9 heteroatoms. The molecule has 0 aromatic rings. The highest BCUT2D eigenvalue weighted by Crippen LogP contribution is 2.67. The van der Waals surface area contributed by atoms with E-state index < -0.39 is 23.5 Å². The second-order valence-electron chi connectivity index (χ2n) is 12.4. The molecular formula is C30H44N4O5. The number of carbonyl (C=O) groups excluding carboxylic acids is 2. The van der Waals surface area contributed by atoms with Crippen molar-refractivity contribution in [3.05, 3.63) is 11.6 Å². The van der Waals surface area contributed by atoms with Gasteiger partial charge in [-0.25, -0.2) is 4.79 Å². The Morgan fingerprint density at radius 2 is 2.00 bits per heavy atom. The van der Waals surface area contributed by atoms with E-state index in [1.54, 1.807) is 0 Å². The fourth-order valence-corrected chi connectivity index (χ4v) is 8.19. The summed E-state index contributed by atoms with van der Waals surface area (Å²) in [4.78, 5) is 29.8. The molecule has 1 amide bonds. The molecule has 39 heavy (non-hydrogen) atoms. The van der Waals surface area contributed by atoms with Crippen LogP contribution < -0.4 is 11.1 Å². The lowest BCUT2D eigenvalue weighted by Gasteiger charge is -2.58. The quantitative estimate of drug-likeness (QED) is 0.116. The Bertz CT molecular complexity index is 1100. The number of carbonyl (C=O) groups is 2. The summed E-state index contributed by atoms with van der Waals surface area (Å²) in [5.74, 6) is 3.39. The summed E-state index contributed by atoms with van der Waals surface area (Å²) < 4.78 is 4.78. The number of oxime groups is 1. The van der Waals surface area contributed by atoms with Crippen LogP contribution in [-0.4, -0.2) is 53.9 Å². The van der Waals surface area contributed by atoms with Gasteiger partial charge in [0.2, 0.25) is 0 Å². The summed E-state index contributed by atoms with van der Waals surface area (Å²) in [6, 6.07) is -0.820. The number of hydrogen-bond donors (Lipinski definition) is 4. The van der Waals surface area contributed by atoms with Gasteiger partial charge in [-0.1, -0.05) is 30.5 Å². The average Bonchev–Trinajstić information content (AvgIpc) is 3.18. The maximum atomic E-state index is 12.4. The monoisotopic (exact) mass is 540 g/mol. The molecule has 9 nitrogen and oxygen atoms in total. The first-order valence-corrected chi connectivity index (χ1v) is 14.3. The number of hydrogen-bond acceptors (Lipinski definition) is 7. The maximum absolute atomic E-state index is 12.4. The number of amidine groups is 1. The van der Waals surface area contributed by atoms with Crippen molar-refractivity contribution in [2.75, 3.05) is 13.7 Å². The van der Waals surface area contributed by atoms with Crippen LogP contribution in [0.1, 0.15) is 84.5 Å².